The Morgan fingerprint density at radius 3 is 1.50 bits per heavy atom. The topological polar surface area (TPSA) is 575 Å². The van der Waals surface area contributed by atoms with Crippen LogP contribution in [0.2, 0.25) is 5.02 Å². The Morgan fingerprint density at radius 2 is 0.958 bits per heavy atom. The van der Waals surface area contributed by atoms with Crippen LogP contribution in [0.25, 0.3) is 0 Å². The van der Waals surface area contributed by atoms with Gasteiger partial charge in [0.15, 0.2) is 28.9 Å². The van der Waals surface area contributed by atoms with E-state index in [-0.39, 0.29) is 124 Å². The predicted molar refractivity (Wildman–Crippen MR) is 441 cm³/mol. The Labute approximate surface area is 698 Å². The van der Waals surface area contributed by atoms with Gasteiger partial charge in [-0.3, -0.25) is 71.9 Å². The third-order valence-corrected chi connectivity index (χ3v) is 21.6. The fraction of sp³-hybridized carbons (Fsp3) is 0.541. The number of carbonyl (C=O) groups excluding carboxylic acids is 14. The molecule has 0 aromatic heterocycles. The first-order valence-corrected chi connectivity index (χ1v) is 40.9. The van der Waals surface area contributed by atoms with Crippen molar-refractivity contribution in [3.8, 4) is 17.2 Å². The second-order valence-corrected chi connectivity index (χ2v) is 31.7. The number of halogens is 1. The number of phenols is 3. The van der Waals surface area contributed by atoms with E-state index in [9.17, 15) is 97.5 Å². The van der Waals surface area contributed by atoms with E-state index in [1.807, 2.05) is 0 Å². The van der Waals surface area contributed by atoms with Crippen molar-refractivity contribution in [1.82, 2.24) is 42.1 Å². The lowest BCUT2D eigenvalue weighted by Crippen LogP contribution is -2.53. The molecule has 4 aromatic carbocycles. The Kier molecular flexibility index (Phi) is 41.4. The van der Waals surface area contributed by atoms with Gasteiger partial charge < -0.3 is 96.3 Å². The highest BCUT2D eigenvalue weighted by Gasteiger charge is 2.44. The van der Waals surface area contributed by atoms with E-state index in [1.54, 1.807) is 71.0 Å². The zero-order chi connectivity index (χ0) is 88.3. The third-order valence-electron chi connectivity index (χ3n) is 21.3. The number of nitrogens with one attached hydrogen (secondary N) is 7. The molecule has 0 radical (unpaired) electrons. The van der Waals surface area contributed by atoms with Crippen molar-refractivity contribution >= 4 is 99.7 Å². The molecule has 652 valence electrons. The number of rotatable bonds is 54. The fourth-order valence-corrected chi connectivity index (χ4v) is 14.3. The minimum atomic E-state index is -1.42. The molecule has 9 amide bonds. The Hall–Kier alpha value is -10.6. The quantitative estimate of drug-likeness (QED) is 0.0302. The number of nitrogens with two attached hydrogens (primary N) is 5. The number of hydrogen-bond acceptors (Lipinski definition) is 23. The molecule has 33 nitrogen and oxygen atoms in total. The summed E-state index contributed by atoms with van der Waals surface area (Å²) in [5, 5.41) is 70.1. The van der Waals surface area contributed by atoms with Crippen molar-refractivity contribution < 1.29 is 97.5 Å². The second-order valence-electron chi connectivity index (χ2n) is 31.3. The lowest BCUT2D eigenvalue weighted by molar-refractivity contribution is -0.143. The number of aromatic hydroxyl groups is 3. The number of nitrogens with zero attached hydrogens (tertiary/aromatic N) is 1. The summed E-state index contributed by atoms with van der Waals surface area (Å²) in [6.07, 6.45) is -5.12. The van der Waals surface area contributed by atoms with Gasteiger partial charge in [0.25, 0.3) is 0 Å². The lowest BCUT2D eigenvalue weighted by Gasteiger charge is -2.30. The van der Waals surface area contributed by atoms with Crippen LogP contribution in [0.4, 0.5) is 0 Å². The van der Waals surface area contributed by atoms with Gasteiger partial charge in [0.2, 0.25) is 53.2 Å². The van der Waals surface area contributed by atoms with Crippen molar-refractivity contribution in [2.45, 2.75) is 225 Å². The van der Waals surface area contributed by atoms with Crippen LogP contribution in [0, 0.1) is 41.4 Å². The molecular formula is C85H120ClN13O20. The van der Waals surface area contributed by atoms with Crippen LogP contribution in [0.3, 0.4) is 0 Å². The molecule has 1 fully saturated rings. The van der Waals surface area contributed by atoms with Gasteiger partial charge in [0.05, 0.1) is 53.9 Å². The molecule has 5 rings (SSSR count). The van der Waals surface area contributed by atoms with Gasteiger partial charge in [-0.2, -0.15) is 0 Å². The SMILES string of the molecule is CC[C@H](NC(=O)C(CC(=O)CNC(=O)C(CC(=O)[C@@H]1CC(O)CN1C(=O)[C@H](CC)NC(=O)[C@@H](CCC(=O)O)CC(=O)[C@H](Cc1ccc(O)cc1)NC(=O)[C@@H](N)CCN)Cc1ccc(O)c(Cl)c1)CC(C)C)C(=O)CC(Cc1ccc(O)cc1)C(=O)N[C@H](C(=O)CC(CCC(N)=O)C(=O)NCc1ccc(CNC(=O)C(N)CCN)cc1)[C@@H](C)CC. The minimum absolute atomic E-state index is 0.0204. The molecule has 119 heavy (non-hydrogen) atoms. The van der Waals surface area contributed by atoms with Gasteiger partial charge in [0, 0.05) is 101 Å². The number of primary amides is 1. The maximum Gasteiger partial charge on any atom is 0.303 e. The summed E-state index contributed by atoms with van der Waals surface area (Å²) in [6, 6.07) is 14.4. The van der Waals surface area contributed by atoms with Gasteiger partial charge in [0.1, 0.15) is 23.3 Å². The predicted octanol–water partition coefficient (Wildman–Crippen LogP) is 2.71. The van der Waals surface area contributed by atoms with Crippen molar-refractivity contribution in [2.24, 2.45) is 70.1 Å². The monoisotopic (exact) mass is 1680 g/mol. The zero-order valence-electron chi connectivity index (χ0n) is 68.6. The molecule has 0 spiro atoms. The molecular weight excluding hydrogens is 1560 g/mol. The number of likely N-dealkylation sites (tertiary alicyclic amines) is 1. The molecule has 34 heteroatoms. The second kappa shape index (κ2) is 49.7. The summed E-state index contributed by atoms with van der Waals surface area (Å²) in [5.41, 5.74) is 31.4. The Balaban J connectivity index is 1.30. The van der Waals surface area contributed by atoms with Crippen LogP contribution in [0.1, 0.15) is 172 Å². The maximum atomic E-state index is 14.8. The van der Waals surface area contributed by atoms with Crippen LogP contribution in [-0.4, -0.2) is 193 Å². The van der Waals surface area contributed by atoms with Crippen LogP contribution in [-0.2, 0) is 104 Å². The van der Waals surface area contributed by atoms with Gasteiger partial charge in [-0.1, -0.05) is 114 Å². The van der Waals surface area contributed by atoms with E-state index in [0.717, 1.165) is 10.5 Å². The van der Waals surface area contributed by atoms with Crippen LogP contribution < -0.4 is 65.9 Å². The molecule has 0 saturated carbocycles. The van der Waals surface area contributed by atoms with Gasteiger partial charge in [-0.15, -0.1) is 0 Å². The molecule has 1 aliphatic rings. The van der Waals surface area contributed by atoms with Gasteiger partial charge in [-0.25, -0.2) is 0 Å². The minimum Gasteiger partial charge on any atom is -0.508 e. The van der Waals surface area contributed by atoms with Crippen molar-refractivity contribution in [2.75, 3.05) is 26.2 Å². The number of amides is 9. The van der Waals surface area contributed by atoms with E-state index in [4.69, 9.17) is 40.3 Å². The number of β-amino-alcohol motifs (C(OH)–C–C–N with tert-alkyl or cyclic N) is 1. The fourth-order valence-electron chi connectivity index (χ4n) is 14.1. The van der Waals surface area contributed by atoms with Crippen molar-refractivity contribution in [1.29, 1.82) is 0 Å². The van der Waals surface area contributed by atoms with Crippen LogP contribution >= 0.6 is 11.6 Å². The summed E-state index contributed by atoms with van der Waals surface area (Å²) in [7, 11) is 0. The normalized spacial score (nSPS) is 16.3. The lowest BCUT2D eigenvalue weighted by atomic mass is 9.86. The molecule has 22 N–H and O–H groups in total. The zero-order valence-corrected chi connectivity index (χ0v) is 69.3. The van der Waals surface area contributed by atoms with Crippen molar-refractivity contribution in [3.63, 3.8) is 0 Å². The summed E-state index contributed by atoms with van der Waals surface area (Å²) < 4.78 is 0. The number of carboxylic acids is 1. The molecule has 4 aromatic rings. The van der Waals surface area contributed by atoms with E-state index in [2.05, 4.69) is 37.2 Å². The highest BCUT2D eigenvalue weighted by atomic mass is 35.5. The number of aliphatic carboxylic acids is 1. The summed E-state index contributed by atoms with van der Waals surface area (Å²) >= 11 is 6.30. The molecule has 6 unspecified atom stereocenters. The molecule has 1 aliphatic heterocycles. The average Bonchev–Trinajstić information content (AvgIpc) is 1.70. The number of Topliss-reactive ketones (excluding diaryl/α,β-unsaturated/α-hetero) is 5. The first-order chi connectivity index (χ1) is 56.4. The maximum absolute atomic E-state index is 14.8. The van der Waals surface area contributed by atoms with Gasteiger partial charge in [-0.05, 0) is 153 Å². The van der Waals surface area contributed by atoms with Crippen molar-refractivity contribution in [3.05, 3.63) is 124 Å². The number of benzene rings is 4. The number of carbonyl (C=O) groups is 15. The Bertz CT molecular complexity index is 4130. The first kappa shape index (κ1) is 99.0. The van der Waals surface area contributed by atoms with Crippen LogP contribution in [0.5, 0.6) is 17.2 Å². The average molecular weight is 1680 g/mol. The molecule has 14 atom stereocenters. The molecule has 0 bridgehead atoms. The number of aliphatic hydroxyl groups is 1. The smallest absolute Gasteiger partial charge is 0.303 e. The van der Waals surface area contributed by atoms with Crippen LogP contribution in [0.15, 0.2) is 91.0 Å². The number of aliphatic hydroxyl groups excluding tert-OH is 1. The first-order valence-electron chi connectivity index (χ1n) is 40.6. The van der Waals surface area contributed by atoms with E-state index in [0.29, 0.717) is 35.1 Å². The largest absolute Gasteiger partial charge is 0.508 e. The number of carboxylic acid groups (broad SMARTS) is 1. The van der Waals surface area contributed by atoms with E-state index >= 15 is 0 Å². The molecule has 1 heterocycles. The highest BCUT2D eigenvalue weighted by molar-refractivity contribution is 6.32. The molecule has 1 saturated heterocycles. The van der Waals surface area contributed by atoms with E-state index < -0.39 is 224 Å². The third kappa shape index (κ3) is 33.3. The number of hydrogen-bond donors (Lipinski definition) is 17. The van der Waals surface area contributed by atoms with Gasteiger partial charge >= 0.3 is 5.97 Å². The standard InChI is InChI=1S/C85H120ClN13O20/c1-7-48(6)77(74(108)39-54(19-26-75(91)109)78(112)92-43-51-10-12-52(13-11-51)44-93-83(117)64(89)28-30-87)98-82(116)58(33-49-14-21-59(100)22-15-49)40-71(105)66(8-2)95-81(115)56(32-47(4)5)37-61(102)45-94-79(113)57(34-53-18-25-70(104)63(86)35-53)41-73(107)69-42-62(103)46-99(69)85(119)67(9-3)96-80(114)55(20-27-76(110)111)38-72(106)68(97-84(118)65(90)29-31-88)36-50-16-23-60(101)24-17-50/h10-18,21-25,35,47-48,54-58,62,64-69,77,100-101,103-104H,7-9,19-20,26-34,36-46,87-90H2,1-6H3,(H2,91,109)(H,92,112)(H,93,117)(H,94,113)(H,95,115)(H,96,114)(H,97,118)(H,98,116)(H,110,111)/t48-,54?,55-,56?,57?,58?,62?,64?,65-,66-,67-,68-,69-,77-/m0/s1. The summed E-state index contributed by atoms with van der Waals surface area (Å²) in [6.45, 7) is 9.76. The molecule has 0 aliphatic carbocycles. The number of ketones is 5. The Morgan fingerprint density at radius 1 is 0.496 bits per heavy atom. The highest BCUT2D eigenvalue weighted by Crippen LogP contribution is 2.30. The van der Waals surface area contributed by atoms with E-state index in [1.165, 1.54) is 61.5 Å². The summed E-state index contributed by atoms with van der Waals surface area (Å²) in [4.78, 5) is 209. The number of phenolic OH excluding ortho intramolecular Hbond substituents is 3. The summed E-state index contributed by atoms with van der Waals surface area (Å²) in [5.74, 6) is -18.0.